The van der Waals surface area contributed by atoms with E-state index in [1.807, 2.05) is 30.5 Å². The summed E-state index contributed by atoms with van der Waals surface area (Å²) in [6.45, 7) is 4.35. The molecule has 0 bridgehead atoms. The van der Waals surface area contributed by atoms with Crippen LogP contribution in [-0.4, -0.2) is 62.7 Å². The second kappa shape index (κ2) is 9.06. The number of hydrogen-bond acceptors (Lipinski definition) is 5. The number of rotatable bonds is 6. The number of nitrogens with zero attached hydrogens (tertiary/aromatic N) is 5. The number of anilines is 1. The lowest BCUT2D eigenvalue weighted by atomic mass is 9.91. The summed E-state index contributed by atoms with van der Waals surface area (Å²) >= 11 is 0. The maximum atomic E-state index is 13.0. The molecule has 0 spiro atoms. The maximum Gasteiger partial charge on any atom is 0.224 e. The van der Waals surface area contributed by atoms with E-state index in [1.54, 1.807) is 24.3 Å². The molecule has 7 heteroatoms. The summed E-state index contributed by atoms with van der Waals surface area (Å²) in [7, 11) is 1.80. The molecular formula is C27H31N5O2. The van der Waals surface area contributed by atoms with Crippen molar-refractivity contribution in [3.8, 4) is 0 Å². The number of amides is 1. The molecule has 7 nitrogen and oxygen atoms in total. The molecule has 3 aromatic heterocycles. The van der Waals surface area contributed by atoms with Crippen LogP contribution in [0.5, 0.6) is 0 Å². The van der Waals surface area contributed by atoms with E-state index in [9.17, 15) is 9.90 Å². The Morgan fingerprint density at radius 2 is 2.06 bits per heavy atom. The summed E-state index contributed by atoms with van der Waals surface area (Å²) in [5.41, 5.74) is 3.26. The summed E-state index contributed by atoms with van der Waals surface area (Å²) in [6.07, 6.45) is 7.30. The zero-order valence-electron chi connectivity index (χ0n) is 19.8. The molecule has 1 saturated heterocycles. The van der Waals surface area contributed by atoms with E-state index in [0.29, 0.717) is 32.5 Å². The highest BCUT2D eigenvalue weighted by Crippen LogP contribution is 2.31. The van der Waals surface area contributed by atoms with Crippen molar-refractivity contribution in [1.29, 1.82) is 0 Å². The monoisotopic (exact) mass is 457 g/mol. The van der Waals surface area contributed by atoms with E-state index in [4.69, 9.17) is 0 Å². The minimum Gasteiger partial charge on any atom is -0.386 e. The van der Waals surface area contributed by atoms with Crippen LogP contribution in [-0.2, 0) is 11.3 Å². The Bertz CT molecular complexity index is 1330. The van der Waals surface area contributed by atoms with Gasteiger partial charge in [0.2, 0.25) is 5.91 Å². The van der Waals surface area contributed by atoms with E-state index in [1.165, 1.54) is 5.39 Å². The van der Waals surface area contributed by atoms with Crippen molar-refractivity contribution in [3.63, 3.8) is 0 Å². The predicted octanol–water partition coefficient (Wildman–Crippen LogP) is 3.77. The third-order valence-electron chi connectivity index (χ3n) is 6.94. The Morgan fingerprint density at radius 1 is 1.21 bits per heavy atom. The van der Waals surface area contributed by atoms with Crippen LogP contribution in [0.2, 0.25) is 0 Å². The van der Waals surface area contributed by atoms with Gasteiger partial charge in [0.1, 0.15) is 0 Å². The predicted molar refractivity (Wildman–Crippen MR) is 135 cm³/mol. The normalized spacial score (nSPS) is 18.5. The number of aryl methyl sites for hydroxylation is 2. The summed E-state index contributed by atoms with van der Waals surface area (Å²) < 4.78 is 2.20. The van der Waals surface area contributed by atoms with Crippen molar-refractivity contribution in [2.24, 2.45) is 0 Å². The Morgan fingerprint density at radius 3 is 2.94 bits per heavy atom. The first-order chi connectivity index (χ1) is 16.4. The average Bonchev–Trinajstić information content (AvgIpc) is 3.16. The van der Waals surface area contributed by atoms with Crippen molar-refractivity contribution in [2.75, 3.05) is 31.6 Å². The number of carbonyl (C=O) groups excluding carboxylic acids is 1. The SMILES string of the molecule is Cc1cc2ccccc2n1CCC(=O)N(C)CC1(O)CCCN(c2ccnc3ccncc23)C1. The number of aliphatic hydroxyl groups is 1. The number of aromatic nitrogens is 3. The van der Waals surface area contributed by atoms with Gasteiger partial charge in [0.25, 0.3) is 0 Å². The van der Waals surface area contributed by atoms with E-state index < -0.39 is 5.60 Å². The molecule has 5 rings (SSSR count). The number of β-amino-alcohol motifs (C(OH)–C–C–N with tert-alkyl or cyclic N) is 1. The first-order valence-electron chi connectivity index (χ1n) is 11.9. The van der Waals surface area contributed by atoms with Gasteiger partial charge in [0, 0.05) is 74.0 Å². The van der Waals surface area contributed by atoms with Gasteiger partial charge >= 0.3 is 0 Å². The van der Waals surface area contributed by atoms with E-state index in [0.717, 1.165) is 40.8 Å². The van der Waals surface area contributed by atoms with Gasteiger partial charge in [0.05, 0.1) is 17.7 Å². The molecule has 1 atom stereocenters. The Kier molecular flexibility index (Phi) is 5.96. The molecular weight excluding hydrogens is 426 g/mol. The van der Waals surface area contributed by atoms with E-state index >= 15 is 0 Å². The lowest BCUT2D eigenvalue weighted by Gasteiger charge is -2.42. The van der Waals surface area contributed by atoms with E-state index in [-0.39, 0.29) is 5.91 Å². The number of hydrogen-bond donors (Lipinski definition) is 1. The fraction of sp³-hybridized carbons (Fsp3) is 0.370. The molecule has 4 heterocycles. The molecule has 34 heavy (non-hydrogen) atoms. The molecule has 1 unspecified atom stereocenters. The van der Waals surface area contributed by atoms with Crippen LogP contribution in [0.1, 0.15) is 25.0 Å². The van der Waals surface area contributed by atoms with Crippen LogP contribution >= 0.6 is 0 Å². The summed E-state index contributed by atoms with van der Waals surface area (Å²) in [6, 6.07) is 14.3. The standard InChI is InChI=1S/C27H31N5O2/c1-20-16-21-6-3-4-7-24(21)32(20)15-10-26(33)30(2)18-27(34)11-5-14-31(19-27)25-9-13-29-23-8-12-28-17-22(23)25/h3-4,6-9,12-13,16-17,34H,5,10-11,14-15,18-19H2,1-2H3. The fourth-order valence-electron chi connectivity index (χ4n) is 5.27. The highest BCUT2D eigenvalue weighted by atomic mass is 16.3. The number of piperidine rings is 1. The summed E-state index contributed by atoms with van der Waals surface area (Å²) in [4.78, 5) is 25.6. The molecule has 1 aliphatic rings. The second-order valence-corrected chi connectivity index (χ2v) is 9.47. The first-order valence-corrected chi connectivity index (χ1v) is 11.9. The smallest absolute Gasteiger partial charge is 0.224 e. The van der Waals surface area contributed by atoms with Crippen molar-refractivity contribution in [2.45, 2.75) is 38.3 Å². The number of benzene rings is 1. The molecule has 1 aliphatic heterocycles. The number of para-hydroxylation sites is 1. The Labute approximate surface area is 199 Å². The zero-order valence-corrected chi connectivity index (χ0v) is 19.8. The molecule has 0 aliphatic carbocycles. The van der Waals surface area contributed by atoms with Gasteiger partial charge in [-0.05, 0) is 49.4 Å². The Hall–Kier alpha value is -3.45. The highest BCUT2D eigenvalue weighted by Gasteiger charge is 2.36. The highest BCUT2D eigenvalue weighted by molar-refractivity contribution is 5.90. The van der Waals surface area contributed by atoms with Gasteiger partial charge in [-0.15, -0.1) is 0 Å². The maximum absolute atomic E-state index is 13.0. The van der Waals surface area contributed by atoms with Crippen molar-refractivity contribution < 1.29 is 9.90 Å². The van der Waals surface area contributed by atoms with Crippen LogP contribution in [0.25, 0.3) is 21.8 Å². The largest absolute Gasteiger partial charge is 0.386 e. The van der Waals surface area contributed by atoms with Crippen LogP contribution in [0.3, 0.4) is 0 Å². The van der Waals surface area contributed by atoms with Crippen LogP contribution < -0.4 is 4.90 Å². The van der Waals surface area contributed by atoms with Gasteiger partial charge < -0.3 is 19.5 Å². The van der Waals surface area contributed by atoms with Crippen molar-refractivity contribution in [3.05, 3.63) is 66.7 Å². The number of fused-ring (bicyclic) bond motifs is 2. The van der Waals surface area contributed by atoms with Crippen molar-refractivity contribution >= 4 is 33.4 Å². The average molecular weight is 458 g/mol. The molecule has 1 N–H and O–H groups in total. The van der Waals surface area contributed by atoms with Crippen molar-refractivity contribution in [1.82, 2.24) is 19.4 Å². The molecule has 1 amide bonds. The Balaban J connectivity index is 1.25. The minimum atomic E-state index is -0.962. The second-order valence-electron chi connectivity index (χ2n) is 9.47. The van der Waals surface area contributed by atoms with Crippen LogP contribution in [0.15, 0.2) is 61.1 Å². The lowest BCUT2D eigenvalue weighted by molar-refractivity contribution is -0.133. The van der Waals surface area contributed by atoms with Gasteiger partial charge in [-0.2, -0.15) is 0 Å². The molecule has 1 fully saturated rings. The topological polar surface area (TPSA) is 74.5 Å². The minimum absolute atomic E-state index is 0.0429. The van der Waals surface area contributed by atoms with Gasteiger partial charge in [-0.1, -0.05) is 18.2 Å². The molecule has 0 radical (unpaired) electrons. The van der Waals surface area contributed by atoms with Gasteiger partial charge in [-0.3, -0.25) is 14.8 Å². The van der Waals surface area contributed by atoms with E-state index in [2.05, 4.69) is 44.6 Å². The van der Waals surface area contributed by atoms with Gasteiger partial charge in [-0.25, -0.2) is 0 Å². The quantitative estimate of drug-likeness (QED) is 0.477. The summed E-state index contributed by atoms with van der Waals surface area (Å²) in [5, 5.41) is 13.6. The fourth-order valence-corrected chi connectivity index (χ4v) is 5.27. The zero-order chi connectivity index (χ0) is 23.7. The first kappa shape index (κ1) is 22.3. The third-order valence-corrected chi connectivity index (χ3v) is 6.94. The molecule has 4 aromatic rings. The number of likely N-dealkylation sites (N-methyl/N-ethyl adjacent to an activating group) is 1. The summed E-state index contributed by atoms with van der Waals surface area (Å²) in [5.74, 6) is 0.0429. The molecule has 176 valence electrons. The molecule has 1 aromatic carbocycles. The third kappa shape index (κ3) is 4.35. The number of pyridine rings is 2. The number of carbonyl (C=O) groups is 1. The lowest BCUT2D eigenvalue weighted by Crippen LogP contribution is -2.54. The molecule has 0 saturated carbocycles. The van der Waals surface area contributed by atoms with Gasteiger partial charge in [0.15, 0.2) is 0 Å². The van der Waals surface area contributed by atoms with Crippen LogP contribution in [0, 0.1) is 6.92 Å². The van der Waals surface area contributed by atoms with Crippen LogP contribution in [0.4, 0.5) is 5.69 Å².